The van der Waals surface area contributed by atoms with Crippen LogP contribution in [0.25, 0.3) is 11.3 Å². The summed E-state index contributed by atoms with van der Waals surface area (Å²) in [6.45, 7) is 4.22. The summed E-state index contributed by atoms with van der Waals surface area (Å²) in [4.78, 5) is 7.05. The van der Waals surface area contributed by atoms with Crippen molar-refractivity contribution in [3.8, 4) is 11.3 Å². The van der Waals surface area contributed by atoms with Crippen molar-refractivity contribution < 1.29 is 13.2 Å². The van der Waals surface area contributed by atoms with Crippen LogP contribution in [0.3, 0.4) is 0 Å². The highest BCUT2D eigenvalue weighted by Gasteiger charge is 2.14. The van der Waals surface area contributed by atoms with Crippen molar-refractivity contribution in [1.82, 2.24) is 9.88 Å². The van der Waals surface area contributed by atoms with Crippen LogP contribution in [0.1, 0.15) is 5.01 Å². The Bertz CT molecular complexity index is 735. The molecule has 1 aliphatic heterocycles. The third-order valence-corrected chi connectivity index (χ3v) is 5.26. The van der Waals surface area contributed by atoms with Gasteiger partial charge in [0.1, 0.15) is 5.01 Å². The maximum absolute atomic E-state index is 11.3. The SMILES string of the molecule is NS(=O)(=O)c1ccc(-c2csc(CN3CCOCC3)n2)cc1. The van der Waals surface area contributed by atoms with E-state index < -0.39 is 10.0 Å². The summed E-state index contributed by atoms with van der Waals surface area (Å²) in [5, 5.41) is 8.13. The summed E-state index contributed by atoms with van der Waals surface area (Å²) in [6.07, 6.45) is 0. The average molecular weight is 339 g/mol. The fourth-order valence-electron chi connectivity index (χ4n) is 2.28. The fraction of sp³-hybridized carbons (Fsp3) is 0.357. The van der Waals surface area contributed by atoms with Gasteiger partial charge in [-0.25, -0.2) is 18.5 Å². The molecule has 0 bridgehead atoms. The first-order chi connectivity index (χ1) is 10.5. The van der Waals surface area contributed by atoms with Crippen LogP contribution in [0.4, 0.5) is 0 Å². The standard InChI is InChI=1S/C14H17N3O3S2/c15-22(18,19)12-3-1-11(2-4-12)13-10-21-14(16-13)9-17-5-7-20-8-6-17/h1-4,10H,5-9H2,(H2,15,18,19). The maximum Gasteiger partial charge on any atom is 0.238 e. The van der Waals surface area contributed by atoms with E-state index in [0.29, 0.717) is 0 Å². The lowest BCUT2D eigenvalue weighted by Crippen LogP contribution is -2.35. The molecule has 1 saturated heterocycles. The van der Waals surface area contributed by atoms with Crippen molar-refractivity contribution in [2.24, 2.45) is 5.14 Å². The van der Waals surface area contributed by atoms with Gasteiger partial charge in [-0.15, -0.1) is 11.3 Å². The van der Waals surface area contributed by atoms with Crippen LogP contribution < -0.4 is 5.14 Å². The molecule has 0 atom stereocenters. The summed E-state index contributed by atoms with van der Waals surface area (Å²) in [5.41, 5.74) is 1.74. The number of thiazole rings is 1. The molecule has 118 valence electrons. The average Bonchev–Trinajstić information content (AvgIpc) is 2.96. The summed E-state index contributed by atoms with van der Waals surface area (Å²) in [5.74, 6) is 0. The molecule has 0 unspecified atom stereocenters. The predicted octanol–water partition coefficient (Wildman–Crippen LogP) is 1.29. The second-order valence-electron chi connectivity index (χ2n) is 5.08. The Hall–Kier alpha value is -1.32. The van der Waals surface area contributed by atoms with Gasteiger partial charge in [0.2, 0.25) is 10.0 Å². The van der Waals surface area contributed by atoms with E-state index in [-0.39, 0.29) is 4.90 Å². The number of benzene rings is 1. The third-order valence-electron chi connectivity index (χ3n) is 3.49. The van der Waals surface area contributed by atoms with Crippen LogP contribution in [0.2, 0.25) is 0 Å². The van der Waals surface area contributed by atoms with E-state index in [1.807, 2.05) is 5.38 Å². The van der Waals surface area contributed by atoms with Gasteiger partial charge in [-0.05, 0) is 12.1 Å². The fourth-order valence-corrected chi connectivity index (χ4v) is 3.64. The zero-order valence-electron chi connectivity index (χ0n) is 11.9. The van der Waals surface area contributed by atoms with Crippen molar-refractivity contribution in [3.05, 3.63) is 34.7 Å². The lowest BCUT2D eigenvalue weighted by Gasteiger charge is -2.25. The van der Waals surface area contributed by atoms with Crippen LogP contribution >= 0.6 is 11.3 Å². The normalized spacial score (nSPS) is 16.8. The van der Waals surface area contributed by atoms with Gasteiger partial charge in [0.05, 0.1) is 30.3 Å². The number of morpholine rings is 1. The Labute approximate surface area is 133 Å². The van der Waals surface area contributed by atoms with Crippen molar-refractivity contribution in [3.63, 3.8) is 0 Å². The smallest absolute Gasteiger partial charge is 0.238 e. The first-order valence-corrected chi connectivity index (χ1v) is 9.33. The number of hydrogen-bond acceptors (Lipinski definition) is 6. The molecule has 0 radical (unpaired) electrons. The Morgan fingerprint density at radius 2 is 1.91 bits per heavy atom. The zero-order valence-corrected chi connectivity index (χ0v) is 13.6. The highest BCUT2D eigenvalue weighted by Crippen LogP contribution is 2.24. The lowest BCUT2D eigenvalue weighted by atomic mass is 10.2. The molecule has 1 aromatic carbocycles. The topological polar surface area (TPSA) is 85.5 Å². The maximum atomic E-state index is 11.3. The third kappa shape index (κ3) is 3.71. The van der Waals surface area contributed by atoms with Gasteiger partial charge >= 0.3 is 0 Å². The van der Waals surface area contributed by atoms with E-state index in [4.69, 9.17) is 9.88 Å². The van der Waals surface area contributed by atoms with Gasteiger partial charge in [0.25, 0.3) is 0 Å². The van der Waals surface area contributed by atoms with Gasteiger partial charge in [0, 0.05) is 24.0 Å². The molecule has 1 aliphatic rings. The Morgan fingerprint density at radius 3 is 2.55 bits per heavy atom. The summed E-state index contributed by atoms with van der Waals surface area (Å²) >= 11 is 1.61. The number of sulfonamides is 1. The Morgan fingerprint density at radius 1 is 1.23 bits per heavy atom. The molecule has 2 aromatic rings. The molecule has 0 spiro atoms. The number of aromatic nitrogens is 1. The molecule has 8 heteroatoms. The molecule has 22 heavy (non-hydrogen) atoms. The van der Waals surface area contributed by atoms with E-state index >= 15 is 0 Å². The predicted molar refractivity (Wildman–Crippen MR) is 85.0 cm³/mol. The van der Waals surface area contributed by atoms with Crippen LogP contribution in [-0.2, 0) is 21.3 Å². The van der Waals surface area contributed by atoms with Gasteiger partial charge in [-0.1, -0.05) is 12.1 Å². The molecular formula is C14H17N3O3S2. The minimum Gasteiger partial charge on any atom is -0.379 e. The summed E-state index contributed by atoms with van der Waals surface area (Å²) in [7, 11) is -3.65. The van der Waals surface area contributed by atoms with Crippen LogP contribution in [-0.4, -0.2) is 44.6 Å². The minimum absolute atomic E-state index is 0.111. The lowest BCUT2D eigenvalue weighted by molar-refractivity contribution is 0.0342. The molecule has 3 rings (SSSR count). The molecule has 0 aliphatic carbocycles. The number of ether oxygens (including phenoxy) is 1. The van der Waals surface area contributed by atoms with Crippen molar-refractivity contribution in [2.45, 2.75) is 11.4 Å². The van der Waals surface area contributed by atoms with Gasteiger partial charge in [-0.2, -0.15) is 0 Å². The van der Waals surface area contributed by atoms with Crippen LogP contribution in [0, 0.1) is 0 Å². The highest BCUT2D eigenvalue weighted by atomic mass is 32.2. The first kappa shape index (κ1) is 15.6. The summed E-state index contributed by atoms with van der Waals surface area (Å²) in [6, 6.07) is 6.47. The summed E-state index contributed by atoms with van der Waals surface area (Å²) < 4.78 is 27.8. The van der Waals surface area contributed by atoms with E-state index in [9.17, 15) is 8.42 Å². The van der Waals surface area contributed by atoms with E-state index in [1.165, 1.54) is 12.1 Å². The van der Waals surface area contributed by atoms with Gasteiger partial charge in [0.15, 0.2) is 0 Å². The largest absolute Gasteiger partial charge is 0.379 e. The highest BCUT2D eigenvalue weighted by molar-refractivity contribution is 7.89. The Kier molecular flexibility index (Phi) is 4.55. The monoisotopic (exact) mass is 339 g/mol. The number of nitrogens with zero attached hydrogens (tertiary/aromatic N) is 2. The number of rotatable bonds is 4. The van der Waals surface area contributed by atoms with Crippen molar-refractivity contribution >= 4 is 21.4 Å². The number of primary sulfonamides is 1. The molecule has 1 aromatic heterocycles. The molecule has 2 heterocycles. The number of nitrogens with two attached hydrogens (primary N) is 1. The van der Waals surface area contributed by atoms with E-state index in [1.54, 1.807) is 23.5 Å². The molecule has 6 nitrogen and oxygen atoms in total. The second-order valence-corrected chi connectivity index (χ2v) is 7.59. The van der Waals surface area contributed by atoms with Crippen molar-refractivity contribution in [2.75, 3.05) is 26.3 Å². The molecule has 2 N–H and O–H groups in total. The molecular weight excluding hydrogens is 322 g/mol. The van der Waals surface area contributed by atoms with E-state index in [2.05, 4.69) is 9.88 Å². The zero-order chi connectivity index (χ0) is 15.6. The molecule has 1 fully saturated rings. The first-order valence-electron chi connectivity index (χ1n) is 6.90. The second kappa shape index (κ2) is 6.43. The van der Waals surface area contributed by atoms with Crippen LogP contribution in [0.15, 0.2) is 34.5 Å². The molecule has 0 amide bonds. The van der Waals surface area contributed by atoms with Gasteiger partial charge in [-0.3, -0.25) is 4.90 Å². The minimum atomic E-state index is -3.65. The quantitative estimate of drug-likeness (QED) is 0.907. The van der Waals surface area contributed by atoms with E-state index in [0.717, 1.165) is 49.1 Å². The molecule has 0 saturated carbocycles. The number of hydrogen-bond donors (Lipinski definition) is 1. The van der Waals surface area contributed by atoms with Crippen LogP contribution in [0.5, 0.6) is 0 Å². The Balaban J connectivity index is 1.73. The van der Waals surface area contributed by atoms with Crippen molar-refractivity contribution in [1.29, 1.82) is 0 Å². The van der Waals surface area contributed by atoms with Gasteiger partial charge < -0.3 is 4.74 Å².